The summed E-state index contributed by atoms with van der Waals surface area (Å²) in [5, 5.41) is 0. The first-order valence-corrected chi connectivity index (χ1v) is 5.05. The van der Waals surface area contributed by atoms with Gasteiger partial charge in [0.25, 0.3) is 0 Å². The summed E-state index contributed by atoms with van der Waals surface area (Å²) >= 11 is 0. The van der Waals surface area contributed by atoms with E-state index < -0.39 is 0 Å². The van der Waals surface area contributed by atoms with E-state index in [1.807, 2.05) is 18.2 Å². The van der Waals surface area contributed by atoms with Gasteiger partial charge in [0.2, 0.25) is 0 Å². The fourth-order valence-corrected chi connectivity index (χ4v) is 1.59. The summed E-state index contributed by atoms with van der Waals surface area (Å²) in [6.07, 6.45) is 14.3. The van der Waals surface area contributed by atoms with E-state index in [4.69, 9.17) is 10.5 Å². The third-order valence-electron chi connectivity index (χ3n) is 2.31. The standard InChI is InChI=1S/C12H15NO/c13-10-5-4-8-12(9-10)14-11-6-2-1-3-7-11/h2,5-7,9H,1,3-4,8,13H2. The van der Waals surface area contributed by atoms with E-state index in [9.17, 15) is 0 Å². The number of nitrogens with two attached hydrogens (primary N) is 1. The van der Waals surface area contributed by atoms with Crippen LogP contribution in [0, 0.1) is 0 Å². The minimum absolute atomic E-state index is 0.812. The first-order chi connectivity index (χ1) is 6.84. The van der Waals surface area contributed by atoms with Gasteiger partial charge in [-0.2, -0.15) is 0 Å². The molecule has 2 rings (SSSR count). The van der Waals surface area contributed by atoms with Crippen LogP contribution in [-0.2, 0) is 4.74 Å². The van der Waals surface area contributed by atoms with Crippen LogP contribution < -0.4 is 5.73 Å². The maximum Gasteiger partial charge on any atom is 0.122 e. The normalized spacial score (nSPS) is 21.0. The van der Waals surface area contributed by atoms with Crippen molar-refractivity contribution in [2.45, 2.75) is 25.7 Å². The highest BCUT2D eigenvalue weighted by molar-refractivity contribution is 5.25. The highest BCUT2D eigenvalue weighted by Crippen LogP contribution is 2.21. The number of rotatable bonds is 2. The summed E-state index contributed by atoms with van der Waals surface area (Å²) in [6.45, 7) is 0. The second kappa shape index (κ2) is 4.18. The molecule has 0 spiro atoms. The Morgan fingerprint density at radius 1 is 1.14 bits per heavy atom. The summed E-state index contributed by atoms with van der Waals surface area (Å²) in [4.78, 5) is 0. The van der Waals surface area contributed by atoms with Crippen molar-refractivity contribution in [2.75, 3.05) is 0 Å². The Labute approximate surface area is 84.4 Å². The Kier molecular flexibility index (Phi) is 2.73. The molecule has 0 unspecified atom stereocenters. The molecule has 0 aliphatic heterocycles. The van der Waals surface area contributed by atoms with E-state index in [-0.39, 0.29) is 0 Å². The van der Waals surface area contributed by atoms with Crippen molar-refractivity contribution in [3.8, 4) is 0 Å². The molecule has 0 fully saturated rings. The molecule has 2 N–H and O–H groups in total. The lowest BCUT2D eigenvalue weighted by Crippen LogP contribution is -2.03. The average Bonchev–Trinajstić information content (AvgIpc) is 2.19. The minimum atomic E-state index is 0.812. The zero-order valence-corrected chi connectivity index (χ0v) is 8.20. The van der Waals surface area contributed by atoms with Crippen LogP contribution in [0.25, 0.3) is 0 Å². The van der Waals surface area contributed by atoms with Gasteiger partial charge in [0.1, 0.15) is 11.5 Å². The van der Waals surface area contributed by atoms with Crippen LogP contribution in [0.5, 0.6) is 0 Å². The third kappa shape index (κ3) is 2.28. The van der Waals surface area contributed by atoms with Crippen molar-refractivity contribution in [1.82, 2.24) is 0 Å². The number of ether oxygens (including phenoxy) is 1. The van der Waals surface area contributed by atoms with Gasteiger partial charge in [0.15, 0.2) is 0 Å². The highest BCUT2D eigenvalue weighted by atomic mass is 16.5. The van der Waals surface area contributed by atoms with E-state index in [0.29, 0.717) is 0 Å². The first kappa shape index (κ1) is 9.13. The smallest absolute Gasteiger partial charge is 0.122 e. The van der Waals surface area contributed by atoms with Crippen molar-refractivity contribution < 1.29 is 4.74 Å². The van der Waals surface area contributed by atoms with E-state index >= 15 is 0 Å². The van der Waals surface area contributed by atoms with Crippen LogP contribution in [-0.4, -0.2) is 0 Å². The monoisotopic (exact) mass is 189 g/mol. The van der Waals surface area contributed by atoms with Gasteiger partial charge in [0.05, 0.1) is 0 Å². The third-order valence-corrected chi connectivity index (χ3v) is 2.31. The Bertz CT molecular complexity index is 334. The van der Waals surface area contributed by atoms with E-state index in [1.54, 1.807) is 0 Å². The lowest BCUT2D eigenvalue weighted by Gasteiger charge is -2.15. The van der Waals surface area contributed by atoms with Gasteiger partial charge in [-0.25, -0.2) is 0 Å². The summed E-state index contributed by atoms with van der Waals surface area (Å²) in [7, 11) is 0. The van der Waals surface area contributed by atoms with Crippen molar-refractivity contribution in [2.24, 2.45) is 5.73 Å². The number of allylic oxidation sites excluding steroid dienone is 6. The zero-order chi connectivity index (χ0) is 9.80. The first-order valence-electron chi connectivity index (χ1n) is 5.05. The molecule has 0 atom stereocenters. The quantitative estimate of drug-likeness (QED) is 0.725. The molecule has 0 radical (unpaired) electrons. The van der Waals surface area contributed by atoms with Crippen LogP contribution in [0.1, 0.15) is 25.7 Å². The van der Waals surface area contributed by atoms with Crippen molar-refractivity contribution in [3.05, 3.63) is 47.6 Å². The fraction of sp³-hybridized carbons (Fsp3) is 0.333. The zero-order valence-electron chi connectivity index (χ0n) is 8.20. The molecule has 0 aromatic heterocycles. The van der Waals surface area contributed by atoms with E-state index in [0.717, 1.165) is 42.9 Å². The highest BCUT2D eigenvalue weighted by Gasteiger charge is 2.06. The second-order valence-electron chi connectivity index (χ2n) is 3.54. The van der Waals surface area contributed by atoms with Crippen LogP contribution in [0.4, 0.5) is 0 Å². The molecule has 2 nitrogen and oxygen atoms in total. The van der Waals surface area contributed by atoms with E-state index in [1.165, 1.54) is 0 Å². The molecule has 0 bridgehead atoms. The topological polar surface area (TPSA) is 35.2 Å². The maximum absolute atomic E-state index is 5.72. The Balaban J connectivity index is 2.00. The molecule has 74 valence electrons. The van der Waals surface area contributed by atoms with Crippen molar-refractivity contribution in [3.63, 3.8) is 0 Å². The van der Waals surface area contributed by atoms with Crippen LogP contribution in [0.2, 0.25) is 0 Å². The maximum atomic E-state index is 5.72. The Morgan fingerprint density at radius 2 is 2.07 bits per heavy atom. The van der Waals surface area contributed by atoms with Gasteiger partial charge in [-0.1, -0.05) is 12.2 Å². The molecule has 0 saturated heterocycles. The molecule has 2 aliphatic carbocycles. The van der Waals surface area contributed by atoms with Gasteiger partial charge in [-0.3, -0.25) is 0 Å². The lowest BCUT2D eigenvalue weighted by atomic mass is 10.1. The SMILES string of the molecule is NC1=CCCC(OC2=CCCC=C2)=C1. The van der Waals surface area contributed by atoms with Crippen LogP contribution in [0.15, 0.2) is 47.6 Å². The molecule has 0 amide bonds. The van der Waals surface area contributed by atoms with Gasteiger partial charge >= 0.3 is 0 Å². The molecule has 14 heavy (non-hydrogen) atoms. The van der Waals surface area contributed by atoms with Crippen LogP contribution in [0.3, 0.4) is 0 Å². The van der Waals surface area contributed by atoms with Gasteiger partial charge in [-0.15, -0.1) is 0 Å². The number of hydrogen-bond donors (Lipinski definition) is 1. The van der Waals surface area contributed by atoms with Gasteiger partial charge < -0.3 is 10.5 Å². The van der Waals surface area contributed by atoms with Gasteiger partial charge in [-0.05, 0) is 37.5 Å². The van der Waals surface area contributed by atoms with Crippen molar-refractivity contribution >= 4 is 0 Å². The molecule has 0 saturated carbocycles. The molecule has 2 aliphatic rings. The van der Waals surface area contributed by atoms with Gasteiger partial charge in [0, 0.05) is 12.1 Å². The summed E-state index contributed by atoms with van der Waals surface area (Å²) in [5.41, 5.74) is 6.51. The molecular weight excluding hydrogens is 174 g/mol. The second-order valence-corrected chi connectivity index (χ2v) is 3.54. The summed E-state index contributed by atoms with van der Waals surface area (Å²) in [5.74, 6) is 1.93. The molecule has 0 aromatic carbocycles. The Hall–Kier alpha value is -1.44. The Morgan fingerprint density at radius 3 is 2.79 bits per heavy atom. The molecule has 0 heterocycles. The minimum Gasteiger partial charge on any atom is -0.462 e. The largest absolute Gasteiger partial charge is 0.462 e. The predicted octanol–water partition coefficient (Wildman–Crippen LogP) is 2.76. The molecular formula is C12H15NO. The molecule has 0 aromatic rings. The number of hydrogen-bond acceptors (Lipinski definition) is 2. The van der Waals surface area contributed by atoms with Crippen molar-refractivity contribution in [1.29, 1.82) is 0 Å². The molecule has 2 heteroatoms. The predicted molar refractivity (Wildman–Crippen MR) is 57.1 cm³/mol. The lowest BCUT2D eigenvalue weighted by molar-refractivity contribution is 0.300. The average molecular weight is 189 g/mol. The summed E-state index contributed by atoms with van der Waals surface area (Å²) < 4.78 is 5.72. The van der Waals surface area contributed by atoms with E-state index in [2.05, 4.69) is 12.2 Å². The summed E-state index contributed by atoms with van der Waals surface area (Å²) in [6, 6.07) is 0. The van der Waals surface area contributed by atoms with Crippen LogP contribution >= 0.6 is 0 Å². The fourth-order valence-electron chi connectivity index (χ4n) is 1.59.